The first kappa shape index (κ1) is 20.1. The first-order chi connectivity index (χ1) is 13.5. The van der Waals surface area contributed by atoms with Crippen molar-refractivity contribution in [3.05, 3.63) is 35.4 Å². The molecule has 3 rings (SSSR count). The summed E-state index contributed by atoms with van der Waals surface area (Å²) in [6.07, 6.45) is 1.44. The molecule has 2 unspecified atom stereocenters. The maximum Gasteiger partial charge on any atom is 0.242 e. The third-order valence-electron chi connectivity index (χ3n) is 4.68. The molecular weight excluding hydrogens is 360 g/mol. The number of nitrogens with zero attached hydrogens (tertiary/aromatic N) is 3. The molecule has 152 valence electrons. The zero-order chi connectivity index (χ0) is 20.1. The van der Waals surface area contributed by atoms with Gasteiger partial charge in [-0.3, -0.25) is 4.79 Å². The van der Waals surface area contributed by atoms with E-state index in [-0.39, 0.29) is 24.5 Å². The van der Waals surface area contributed by atoms with Crippen LogP contribution in [0.1, 0.15) is 36.6 Å². The lowest BCUT2D eigenvalue weighted by Crippen LogP contribution is -2.38. The Morgan fingerprint density at radius 1 is 1.39 bits per heavy atom. The number of hydrogen-bond acceptors (Lipinski definition) is 7. The van der Waals surface area contributed by atoms with Crippen molar-refractivity contribution in [1.82, 2.24) is 25.4 Å². The molecular formula is C19H28N6O3. The van der Waals surface area contributed by atoms with Crippen LogP contribution in [0.2, 0.25) is 0 Å². The number of benzene rings is 1. The molecule has 0 aliphatic carbocycles. The molecule has 2 atom stereocenters. The molecule has 1 aliphatic rings. The standard InChI is InChI=1S/C19H28N6O3/c1-12(20)19-23-17(9-13-4-5-15(27-2)16(8-13)28-3)24-25(19)11-18(26)22-14-6-7-21-10-14/h4-5,8,12,14,21H,6-7,9-11,20H2,1-3H3,(H,22,26). The van der Waals surface area contributed by atoms with Crippen LogP contribution < -0.4 is 25.8 Å². The summed E-state index contributed by atoms with van der Waals surface area (Å²) in [6, 6.07) is 5.52. The van der Waals surface area contributed by atoms with Crippen molar-refractivity contribution in [2.75, 3.05) is 27.3 Å². The van der Waals surface area contributed by atoms with E-state index in [2.05, 4.69) is 20.7 Å². The van der Waals surface area contributed by atoms with Crippen LogP contribution in [0.4, 0.5) is 0 Å². The Morgan fingerprint density at radius 3 is 2.82 bits per heavy atom. The minimum absolute atomic E-state index is 0.0850. The van der Waals surface area contributed by atoms with Crippen LogP contribution in [-0.4, -0.2) is 54.0 Å². The highest BCUT2D eigenvalue weighted by molar-refractivity contribution is 5.76. The molecule has 9 heteroatoms. The van der Waals surface area contributed by atoms with Crippen molar-refractivity contribution >= 4 is 5.91 Å². The van der Waals surface area contributed by atoms with Crippen LogP contribution in [0, 0.1) is 0 Å². The van der Waals surface area contributed by atoms with Gasteiger partial charge in [0.1, 0.15) is 12.4 Å². The Hall–Kier alpha value is -2.65. The number of rotatable bonds is 8. The molecule has 4 N–H and O–H groups in total. The molecule has 0 saturated carbocycles. The Bertz CT molecular complexity index is 814. The average molecular weight is 388 g/mol. The SMILES string of the molecule is COc1ccc(Cc2nc(C(C)N)n(CC(=O)NC3CCNC3)n2)cc1OC. The van der Waals surface area contributed by atoms with Gasteiger partial charge in [-0.15, -0.1) is 0 Å². The summed E-state index contributed by atoms with van der Waals surface area (Å²) < 4.78 is 12.2. The summed E-state index contributed by atoms with van der Waals surface area (Å²) in [5.74, 6) is 2.43. The van der Waals surface area contributed by atoms with Crippen molar-refractivity contribution in [3.63, 3.8) is 0 Å². The van der Waals surface area contributed by atoms with Crippen LogP contribution in [0.5, 0.6) is 11.5 Å². The fourth-order valence-corrected chi connectivity index (χ4v) is 3.29. The Morgan fingerprint density at radius 2 is 2.18 bits per heavy atom. The number of ether oxygens (including phenoxy) is 2. The largest absolute Gasteiger partial charge is 0.493 e. The summed E-state index contributed by atoms with van der Waals surface area (Å²) in [5, 5.41) is 10.8. The van der Waals surface area contributed by atoms with Gasteiger partial charge in [-0.2, -0.15) is 5.10 Å². The highest BCUT2D eigenvalue weighted by Gasteiger charge is 2.20. The van der Waals surface area contributed by atoms with Gasteiger partial charge in [0, 0.05) is 19.0 Å². The molecule has 1 saturated heterocycles. The van der Waals surface area contributed by atoms with Crippen LogP contribution >= 0.6 is 0 Å². The van der Waals surface area contributed by atoms with E-state index >= 15 is 0 Å². The zero-order valence-corrected chi connectivity index (χ0v) is 16.6. The molecule has 1 amide bonds. The van der Waals surface area contributed by atoms with Crippen molar-refractivity contribution in [3.8, 4) is 11.5 Å². The maximum absolute atomic E-state index is 12.4. The van der Waals surface area contributed by atoms with Gasteiger partial charge in [0.05, 0.1) is 20.3 Å². The average Bonchev–Trinajstić information content (AvgIpc) is 3.31. The van der Waals surface area contributed by atoms with Gasteiger partial charge >= 0.3 is 0 Å². The zero-order valence-electron chi connectivity index (χ0n) is 16.6. The van der Waals surface area contributed by atoms with Gasteiger partial charge in [-0.25, -0.2) is 9.67 Å². The number of methoxy groups -OCH3 is 2. The normalized spacial score (nSPS) is 17.4. The molecule has 28 heavy (non-hydrogen) atoms. The van der Waals surface area contributed by atoms with E-state index in [4.69, 9.17) is 15.2 Å². The van der Waals surface area contributed by atoms with E-state index in [1.54, 1.807) is 18.9 Å². The predicted molar refractivity (Wildman–Crippen MR) is 104 cm³/mol. The van der Waals surface area contributed by atoms with E-state index in [0.29, 0.717) is 29.6 Å². The monoisotopic (exact) mass is 388 g/mol. The van der Waals surface area contributed by atoms with Gasteiger partial charge in [-0.1, -0.05) is 6.07 Å². The third-order valence-corrected chi connectivity index (χ3v) is 4.68. The molecule has 1 aromatic carbocycles. The van der Waals surface area contributed by atoms with Crippen molar-refractivity contribution in [1.29, 1.82) is 0 Å². The smallest absolute Gasteiger partial charge is 0.242 e. The van der Waals surface area contributed by atoms with E-state index < -0.39 is 0 Å². The highest BCUT2D eigenvalue weighted by Crippen LogP contribution is 2.28. The van der Waals surface area contributed by atoms with E-state index in [1.165, 1.54) is 0 Å². The second kappa shape index (κ2) is 9.03. The molecule has 2 aromatic rings. The Kier molecular flexibility index (Phi) is 6.48. The summed E-state index contributed by atoms with van der Waals surface area (Å²) in [5.41, 5.74) is 7.02. The number of nitrogens with two attached hydrogens (primary N) is 1. The van der Waals surface area contributed by atoms with Gasteiger partial charge < -0.3 is 25.8 Å². The lowest BCUT2D eigenvalue weighted by atomic mass is 10.1. The lowest BCUT2D eigenvalue weighted by molar-refractivity contribution is -0.122. The molecule has 1 fully saturated rings. The summed E-state index contributed by atoms with van der Waals surface area (Å²) in [7, 11) is 3.20. The van der Waals surface area contributed by atoms with Gasteiger partial charge in [0.15, 0.2) is 17.3 Å². The minimum Gasteiger partial charge on any atom is -0.493 e. The molecule has 9 nitrogen and oxygen atoms in total. The fraction of sp³-hybridized carbons (Fsp3) is 0.526. The summed E-state index contributed by atoms with van der Waals surface area (Å²) in [6.45, 7) is 3.66. The number of aromatic nitrogens is 3. The molecule has 2 heterocycles. The van der Waals surface area contributed by atoms with E-state index in [0.717, 1.165) is 25.1 Å². The number of amides is 1. The lowest BCUT2D eigenvalue weighted by Gasteiger charge is -2.12. The molecule has 0 spiro atoms. The minimum atomic E-state index is -0.326. The van der Waals surface area contributed by atoms with Crippen molar-refractivity contribution in [2.45, 2.75) is 38.4 Å². The quantitative estimate of drug-likeness (QED) is 0.599. The first-order valence-electron chi connectivity index (χ1n) is 9.40. The van der Waals surface area contributed by atoms with Crippen molar-refractivity contribution in [2.24, 2.45) is 5.73 Å². The Balaban J connectivity index is 1.73. The molecule has 1 aliphatic heterocycles. The van der Waals surface area contributed by atoms with Gasteiger partial charge in [0.25, 0.3) is 0 Å². The highest BCUT2D eigenvalue weighted by atomic mass is 16.5. The molecule has 0 bridgehead atoms. The third kappa shape index (κ3) is 4.79. The summed E-state index contributed by atoms with van der Waals surface area (Å²) >= 11 is 0. The molecule has 0 radical (unpaired) electrons. The van der Waals surface area contributed by atoms with Gasteiger partial charge in [-0.05, 0) is 37.6 Å². The van der Waals surface area contributed by atoms with Crippen LogP contribution in [0.3, 0.4) is 0 Å². The second-order valence-corrected chi connectivity index (χ2v) is 6.96. The Labute approximate surface area is 164 Å². The number of carbonyl (C=O) groups excluding carboxylic acids is 1. The van der Waals surface area contributed by atoms with E-state index in [1.807, 2.05) is 25.1 Å². The predicted octanol–water partition coefficient (Wildman–Crippen LogP) is 0.384. The van der Waals surface area contributed by atoms with Crippen LogP contribution in [0.25, 0.3) is 0 Å². The van der Waals surface area contributed by atoms with Gasteiger partial charge in [0.2, 0.25) is 5.91 Å². The van der Waals surface area contributed by atoms with Crippen LogP contribution in [0.15, 0.2) is 18.2 Å². The fourth-order valence-electron chi connectivity index (χ4n) is 3.29. The maximum atomic E-state index is 12.4. The first-order valence-corrected chi connectivity index (χ1v) is 9.40. The number of carbonyl (C=O) groups is 1. The number of hydrogen-bond donors (Lipinski definition) is 3. The summed E-state index contributed by atoms with van der Waals surface area (Å²) in [4.78, 5) is 16.9. The van der Waals surface area contributed by atoms with Crippen molar-refractivity contribution < 1.29 is 14.3 Å². The molecule has 1 aromatic heterocycles. The van der Waals surface area contributed by atoms with E-state index in [9.17, 15) is 4.79 Å². The topological polar surface area (TPSA) is 116 Å². The number of nitrogens with one attached hydrogen (secondary N) is 2. The van der Waals surface area contributed by atoms with Crippen LogP contribution in [-0.2, 0) is 17.8 Å². The second-order valence-electron chi connectivity index (χ2n) is 6.96.